The maximum absolute atomic E-state index is 12.1. The molecule has 0 aromatic rings. The van der Waals surface area contributed by atoms with Gasteiger partial charge in [-0.25, -0.2) is 8.42 Å². The summed E-state index contributed by atoms with van der Waals surface area (Å²) in [4.78, 5) is 15.8. The van der Waals surface area contributed by atoms with Gasteiger partial charge in [-0.15, -0.1) is 0 Å². The molecule has 0 spiro atoms. The Hall–Kier alpha value is -0.620. The molecule has 1 unspecified atom stereocenters. The third kappa shape index (κ3) is 5.10. The first-order valence-electron chi connectivity index (χ1n) is 7.08. The SMILES string of the molecule is CCCCN(C)C(=O)CN(CC)C1CCS(=O)(=O)C1. The fourth-order valence-electron chi connectivity index (χ4n) is 2.38. The van der Waals surface area contributed by atoms with Crippen LogP contribution < -0.4 is 0 Å². The molecule has 0 aromatic carbocycles. The van der Waals surface area contributed by atoms with Gasteiger partial charge < -0.3 is 4.90 Å². The molecule has 1 amide bonds. The second-order valence-electron chi connectivity index (χ2n) is 5.29. The van der Waals surface area contributed by atoms with Gasteiger partial charge in [-0.2, -0.15) is 0 Å². The van der Waals surface area contributed by atoms with Crippen molar-refractivity contribution in [3.63, 3.8) is 0 Å². The molecule has 5 nitrogen and oxygen atoms in total. The van der Waals surface area contributed by atoms with E-state index in [9.17, 15) is 13.2 Å². The van der Waals surface area contributed by atoms with Gasteiger partial charge in [0.1, 0.15) is 0 Å². The first-order valence-corrected chi connectivity index (χ1v) is 8.90. The standard InChI is InChI=1S/C13H26N2O3S/c1-4-6-8-14(3)13(16)10-15(5-2)12-7-9-19(17,18)11-12/h12H,4-11H2,1-3H3. The van der Waals surface area contributed by atoms with E-state index in [1.165, 1.54) is 0 Å². The summed E-state index contributed by atoms with van der Waals surface area (Å²) < 4.78 is 23.0. The highest BCUT2D eigenvalue weighted by atomic mass is 32.2. The average molecular weight is 290 g/mol. The lowest BCUT2D eigenvalue weighted by atomic mass is 10.2. The van der Waals surface area contributed by atoms with Crippen molar-refractivity contribution < 1.29 is 13.2 Å². The van der Waals surface area contributed by atoms with Crippen LogP contribution >= 0.6 is 0 Å². The molecule has 0 N–H and O–H groups in total. The maximum Gasteiger partial charge on any atom is 0.236 e. The lowest BCUT2D eigenvalue weighted by Crippen LogP contribution is -2.44. The second kappa shape index (κ2) is 7.24. The number of carbonyl (C=O) groups excluding carboxylic acids is 1. The molecule has 1 rings (SSSR count). The molecule has 0 radical (unpaired) electrons. The zero-order chi connectivity index (χ0) is 14.5. The van der Waals surface area contributed by atoms with Crippen LogP contribution in [-0.2, 0) is 14.6 Å². The first kappa shape index (κ1) is 16.4. The Morgan fingerprint density at radius 2 is 2.00 bits per heavy atom. The number of nitrogens with zero attached hydrogens (tertiary/aromatic N) is 2. The maximum atomic E-state index is 12.1. The molecule has 0 bridgehead atoms. The monoisotopic (exact) mass is 290 g/mol. The van der Waals surface area contributed by atoms with E-state index in [2.05, 4.69) is 6.92 Å². The lowest BCUT2D eigenvalue weighted by molar-refractivity contribution is -0.131. The molecule has 0 saturated carbocycles. The Morgan fingerprint density at radius 3 is 2.47 bits per heavy atom. The Morgan fingerprint density at radius 1 is 1.32 bits per heavy atom. The van der Waals surface area contributed by atoms with Crippen LogP contribution in [0.5, 0.6) is 0 Å². The van der Waals surface area contributed by atoms with Crippen LogP contribution in [0.25, 0.3) is 0 Å². The molecule has 1 atom stereocenters. The van der Waals surface area contributed by atoms with Crippen LogP contribution in [0.3, 0.4) is 0 Å². The summed E-state index contributed by atoms with van der Waals surface area (Å²) in [5.41, 5.74) is 0. The van der Waals surface area contributed by atoms with E-state index in [0.717, 1.165) is 19.4 Å². The largest absolute Gasteiger partial charge is 0.345 e. The molecule has 1 fully saturated rings. The summed E-state index contributed by atoms with van der Waals surface area (Å²) in [6.45, 7) is 5.89. The number of sulfone groups is 1. The molecule has 19 heavy (non-hydrogen) atoms. The number of hydrogen-bond acceptors (Lipinski definition) is 4. The van der Waals surface area contributed by atoms with Crippen molar-refractivity contribution in [1.82, 2.24) is 9.80 Å². The van der Waals surface area contributed by atoms with Gasteiger partial charge in [0, 0.05) is 19.6 Å². The average Bonchev–Trinajstić information content (AvgIpc) is 2.72. The van der Waals surface area contributed by atoms with Crippen molar-refractivity contribution in [3.05, 3.63) is 0 Å². The van der Waals surface area contributed by atoms with Gasteiger partial charge in [-0.05, 0) is 19.4 Å². The van der Waals surface area contributed by atoms with E-state index in [4.69, 9.17) is 0 Å². The number of hydrogen-bond donors (Lipinski definition) is 0. The van der Waals surface area contributed by atoms with Crippen molar-refractivity contribution >= 4 is 15.7 Å². The van der Waals surface area contributed by atoms with Crippen molar-refractivity contribution in [2.45, 2.75) is 39.2 Å². The summed E-state index contributed by atoms with van der Waals surface area (Å²) in [7, 11) is -1.07. The fourth-order valence-corrected chi connectivity index (χ4v) is 4.14. The zero-order valence-corrected chi connectivity index (χ0v) is 13.1. The predicted molar refractivity (Wildman–Crippen MR) is 76.9 cm³/mol. The highest BCUT2D eigenvalue weighted by molar-refractivity contribution is 7.91. The summed E-state index contributed by atoms with van der Waals surface area (Å²) in [6.07, 6.45) is 2.73. The highest BCUT2D eigenvalue weighted by Gasteiger charge is 2.32. The molecule has 1 aliphatic heterocycles. The van der Waals surface area contributed by atoms with Gasteiger partial charge in [0.05, 0.1) is 18.1 Å². The summed E-state index contributed by atoms with van der Waals surface area (Å²) in [5, 5.41) is 0. The molecule has 6 heteroatoms. The topological polar surface area (TPSA) is 57.7 Å². The van der Waals surface area contributed by atoms with Crippen LogP contribution in [0, 0.1) is 0 Å². The van der Waals surface area contributed by atoms with Gasteiger partial charge in [-0.3, -0.25) is 9.69 Å². The van der Waals surface area contributed by atoms with Crippen LogP contribution in [0.2, 0.25) is 0 Å². The Bertz CT molecular complexity index is 395. The van der Waals surface area contributed by atoms with Gasteiger partial charge in [-0.1, -0.05) is 20.3 Å². The molecule has 1 aliphatic rings. The van der Waals surface area contributed by atoms with Gasteiger partial charge in [0.2, 0.25) is 5.91 Å². The first-order chi connectivity index (χ1) is 8.89. The van der Waals surface area contributed by atoms with E-state index < -0.39 is 9.84 Å². The lowest BCUT2D eigenvalue weighted by Gasteiger charge is -2.28. The fraction of sp³-hybridized carbons (Fsp3) is 0.923. The molecule has 0 aromatic heterocycles. The third-order valence-electron chi connectivity index (χ3n) is 3.74. The van der Waals surface area contributed by atoms with Gasteiger partial charge in [0.25, 0.3) is 0 Å². The molecule has 1 saturated heterocycles. The number of rotatable bonds is 7. The third-order valence-corrected chi connectivity index (χ3v) is 5.49. The summed E-state index contributed by atoms with van der Waals surface area (Å²) in [6, 6.07) is 0.0125. The van der Waals surface area contributed by atoms with Crippen LogP contribution in [0.4, 0.5) is 0 Å². The van der Waals surface area contributed by atoms with E-state index in [0.29, 0.717) is 19.5 Å². The minimum atomic E-state index is -2.89. The summed E-state index contributed by atoms with van der Waals surface area (Å²) >= 11 is 0. The summed E-state index contributed by atoms with van der Waals surface area (Å²) in [5.74, 6) is 0.542. The van der Waals surface area contributed by atoms with Crippen LogP contribution in [0.1, 0.15) is 33.1 Å². The van der Waals surface area contributed by atoms with Crippen molar-refractivity contribution in [2.24, 2.45) is 0 Å². The number of carbonyl (C=O) groups is 1. The second-order valence-corrected chi connectivity index (χ2v) is 7.52. The molecule has 0 aliphatic carbocycles. The minimum absolute atomic E-state index is 0.0125. The minimum Gasteiger partial charge on any atom is -0.345 e. The predicted octanol–water partition coefficient (Wildman–Crippen LogP) is 0.754. The Balaban J connectivity index is 2.50. The zero-order valence-electron chi connectivity index (χ0n) is 12.3. The van der Waals surface area contributed by atoms with E-state index in [-0.39, 0.29) is 23.5 Å². The normalized spacial score (nSPS) is 21.8. The highest BCUT2D eigenvalue weighted by Crippen LogP contribution is 2.17. The van der Waals surface area contributed by atoms with E-state index in [1.807, 2.05) is 18.9 Å². The van der Waals surface area contributed by atoms with Crippen molar-refractivity contribution in [1.29, 1.82) is 0 Å². The van der Waals surface area contributed by atoms with Gasteiger partial charge in [0.15, 0.2) is 9.84 Å². The van der Waals surface area contributed by atoms with E-state index >= 15 is 0 Å². The quantitative estimate of drug-likeness (QED) is 0.694. The molecule has 112 valence electrons. The van der Waals surface area contributed by atoms with Crippen LogP contribution in [0.15, 0.2) is 0 Å². The van der Waals surface area contributed by atoms with Gasteiger partial charge >= 0.3 is 0 Å². The number of unbranched alkanes of at least 4 members (excludes halogenated alkanes) is 1. The number of amides is 1. The van der Waals surface area contributed by atoms with Crippen LogP contribution in [-0.4, -0.2) is 68.4 Å². The molecule has 1 heterocycles. The van der Waals surface area contributed by atoms with Crippen molar-refractivity contribution in [3.8, 4) is 0 Å². The number of likely N-dealkylation sites (N-methyl/N-ethyl adjacent to an activating group) is 2. The van der Waals surface area contributed by atoms with Crippen molar-refractivity contribution in [2.75, 3.05) is 38.2 Å². The molecular weight excluding hydrogens is 264 g/mol. The molecular formula is C13H26N2O3S. The Kier molecular flexibility index (Phi) is 6.26. The smallest absolute Gasteiger partial charge is 0.236 e. The van der Waals surface area contributed by atoms with E-state index in [1.54, 1.807) is 4.90 Å². The Labute approximate surface area is 116 Å².